The van der Waals surface area contributed by atoms with Gasteiger partial charge in [0.2, 0.25) is 0 Å². The fourth-order valence-corrected chi connectivity index (χ4v) is 4.73. The molecule has 2 bridgehead atoms. The van der Waals surface area contributed by atoms with E-state index in [1.807, 2.05) is 6.08 Å². The molecule has 0 radical (unpaired) electrons. The van der Waals surface area contributed by atoms with E-state index in [4.69, 9.17) is 4.74 Å². The molecule has 5 rings (SSSR count). The first kappa shape index (κ1) is 28.0. The van der Waals surface area contributed by atoms with E-state index in [1.54, 1.807) is 13.2 Å². The zero-order chi connectivity index (χ0) is 28.0. The maximum absolute atomic E-state index is 13.4. The molecular formula is C28H31F4N5O2. The molecule has 1 saturated heterocycles. The third kappa shape index (κ3) is 7.75. The van der Waals surface area contributed by atoms with E-state index in [0.717, 1.165) is 48.4 Å². The predicted molar refractivity (Wildman–Crippen MR) is 142 cm³/mol. The Morgan fingerprint density at radius 2 is 2.03 bits per heavy atom. The molecule has 208 valence electrons. The smallest absolute Gasteiger partial charge is 0.410 e. The Balaban J connectivity index is 1.61. The van der Waals surface area contributed by atoms with Gasteiger partial charge in [-0.25, -0.2) is 4.39 Å². The SMILES string of the molecule is C=C(F)/C=C\C(=C\C(F)(F)F)c1cc(CNC2=NCCN2)cc(C(=O)NCC2NC3=CC(OC)=C2CCC3)c1. The fraction of sp³-hybridized carbons (Fsp3) is 0.357. The monoisotopic (exact) mass is 545 g/mol. The average molecular weight is 546 g/mol. The maximum atomic E-state index is 13.4. The van der Waals surface area contributed by atoms with Crippen molar-refractivity contribution in [2.45, 2.75) is 38.0 Å². The number of nitrogens with zero attached hydrogens (tertiary/aromatic N) is 1. The third-order valence-corrected chi connectivity index (χ3v) is 6.47. The third-order valence-electron chi connectivity index (χ3n) is 6.47. The number of methoxy groups -OCH3 is 1. The van der Waals surface area contributed by atoms with Gasteiger partial charge in [-0.3, -0.25) is 9.79 Å². The largest absolute Gasteiger partial charge is 0.497 e. The van der Waals surface area contributed by atoms with Crippen LogP contribution in [0.5, 0.6) is 0 Å². The summed E-state index contributed by atoms with van der Waals surface area (Å²) >= 11 is 0. The van der Waals surface area contributed by atoms with Crippen LogP contribution in [0.2, 0.25) is 0 Å². The Hall–Kier alpha value is -4.02. The molecule has 39 heavy (non-hydrogen) atoms. The van der Waals surface area contributed by atoms with Gasteiger partial charge in [-0.05, 0) is 71.9 Å². The highest BCUT2D eigenvalue weighted by molar-refractivity contribution is 5.96. The van der Waals surface area contributed by atoms with Crippen molar-refractivity contribution in [1.29, 1.82) is 0 Å². The first-order chi connectivity index (χ1) is 18.6. The molecule has 0 spiro atoms. The van der Waals surface area contributed by atoms with E-state index >= 15 is 0 Å². The number of amides is 1. The number of benzene rings is 1. The van der Waals surface area contributed by atoms with Crippen LogP contribution in [0.25, 0.3) is 5.57 Å². The normalized spacial score (nSPS) is 19.2. The van der Waals surface area contributed by atoms with Gasteiger partial charge in [0.15, 0.2) is 5.96 Å². The number of nitrogens with one attached hydrogen (secondary N) is 4. The number of aliphatic imine (C=N–C) groups is 1. The first-order valence-electron chi connectivity index (χ1n) is 12.6. The van der Waals surface area contributed by atoms with Crippen LogP contribution >= 0.6 is 0 Å². The molecule has 0 aromatic heterocycles. The minimum atomic E-state index is -4.66. The highest BCUT2D eigenvalue weighted by Crippen LogP contribution is 2.30. The van der Waals surface area contributed by atoms with Gasteiger partial charge in [-0.15, -0.1) is 0 Å². The molecule has 7 nitrogen and oxygen atoms in total. The molecule has 1 unspecified atom stereocenters. The Morgan fingerprint density at radius 3 is 2.72 bits per heavy atom. The molecule has 11 heteroatoms. The summed E-state index contributed by atoms with van der Waals surface area (Å²) in [5.74, 6) is 0.0175. The molecule has 3 aliphatic heterocycles. The number of guanidine groups is 1. The molecule has 1 fully saturated rings. The molecule has 1 aromatic rings. The van der Waals surface area contributed by atoms with Crippen molar-refractivity contribution in [3.63, 3.8) is 0 Å². The number of allylic oxidation sites excluding steroid dienone is 7. The average Bonchev–Trinajstić information content (AvgIpc) is 3.24. The van der Waals surface area contributed by atoms with Gasteiger partial charge in [0.05, 0.1) is 19.7 Å². The molecule has 1 aromatic carbocycles. The molecule has 4 aliphatic rings. The van der Waals surface area contributed by atoms with E-state index in [2.05, 4.69) is 32.8 Å². The van der Waals surface area contributed by atoms with Crippen LogP contribution < -0.4 is 21.3 Å². The number of dihydropyridines is 1. The molecule has 1 aliphatic carbocycles. The topological polar surface area (TPSA) is 86.8 Å². The van der Waals surface area contributed by atoms with Crippen LogP contribution in [0.1, 0.15) is 40.7 Å². The van der Waals surface area contributed by atoms with Crippen molar-refractivity contribution < 1.29 is 27.1 Å². The summed E-state index contributed by atoms with van der Waals surface area (Å²) in [4.78, 5) is 17.5. The fourth-order valence-electron chi connectivity index (χ4n) is 4.73. The van der Waals surface area contributed by atoms with Gasteiger partial charge >= 0.3 is 6.18 Å². The van der Waals surface area contributed by atoms with Crippen LogP contribution in [-0.4, -0.2) is 50.8 Å². The lowest BCUT2D eigenvalue weighted by molar-refractivity contribution is -0.0793. The van der Waals surface area contributed by atoms with E-state index in [-0.39, 0.29) is 41.9 Å². The second kappa shape index (κ2) is 12.2. The maximum Gasteiger partial charge on any atom is 0.410 e. The number of fused-ring (bicyclic) bond motifs is 4. The molecular weight excluding hydrogens is 514 g/mol. The molecule has 3 heterocycles. The number of ether oxygens (including phenoxy) is 1. The van der Waals surface area contributed by atoms with Gasteiger partial charge in [0.25, 0.3) is 5.91 Å². The van der Waals surface area contributed by atoms with Crippen LogP contribution in [0.3, 0.4) is 0 Å². The standard InChI is InChI=1S/C28H31F4N5O2/c1-17(29)6-7-19(14-28(30,31)32)20-10-18(15-36-27-33-8-9-34-27)11-21(12-20)26(38)35-16-24-23-5-3-4-22(37-24)13-25(23)39-2/h6-7,10-14,24,37H,1,3-5,8-9,15-16H2,2H3,(H,35,38)(H2,33,34,36)/b7-6-,19-14-. The number of alkyl halides is 3. The Kier molecular flexibility index (Phi) is 8.78. The number of hydrogen-bond donors (Lipinski definition) is 4. The summed E-state index contributed by atoms with van der Waals surface area (Å²) < 4.78 is 58.9. The quantitative estimate of drug-likeness (QED) is 0.273. The van der Waals surface area contributed by atoms with E-state index in [9.17, 15) is 22.4 Å². The van der Waals surface area contributed by atoms with Gasteiger partial charge in [-0.2, -0.15) is 13.2 Å². The highest BCUT2D eigenvalue weighted by atomic mass is 19.4. The summed E-state index contributed by atoms with van der Waals surface area (Å²) in [6.07, 6.45) is 1.90. The zero-order valence-electron chi connectivity index (χ0n) is 21.6. The first-order valence-corrected chi connectivity index (χ1v) is 12.6. The molecule has 0 saturated carbocycles. The summed E-state index contributed by atoms with van der Waals surface area (Å²) in [5.41, 5.74) is 2.62. The summed E-state index contributed by atoms with van der Waals surface area (Å²) in [6.45, 7) is 4.85. The lowest BCUT2D eigenvalue weighted by atomic mass is 9.97. The van der Waals surface area contributed by atoms with Crippen LogP contribution in [0.4, 0.5) is 17.6 Å². The summed E-state index contributed by atoms with van der Waals surface area (Å²) in [6, 6.07) is 4.35. The van der Waals surface area contributed by atoms with E-state index < -0.39 is 17.9 Å². The number of rotatable bonds is 9. The number of hydrogen-bond acceptors (Lipinski definition) is 6. The van der Waals surface area contributed by atoms with Crippen molar-refractivity contribution in [1.82, 2.24) is 21.3 Å². The van der Waals surface area contributed by atoms with Crippen molar-refractivity contribution in [2.75, 3.05) is 26.7 Å². The second-order valence-electron chi connectivity index (χ2n) is 9.37. The Bertz CT molecular complexity index is 1280. The lowest BCUT2D eigenvalue weighted by Gasteiger charge is -2.27. The van der Waals surface area contributed by atoms with E-state index in [1.165, 1.54) is 12.1 Å². The molecule has 1 amide bonds. The van der Waals surface area contributed by atoms with Crippen LogP contribution in [-0.2, 0) is 11.3 Å². The van der Waals surface area contributed by atoms with Crippen LogP contribution in [0, 0.1) is 0 Å². The van der Waals surface area contributed by atoms with Crippen molar-refractivity contribution in [3.8, 4) is 0 Å². The summed E-state index contributed by atoms with van der Waals surface area (Å²) in [7, 11) is 1.61. The Morgan fingerprint density at radius 1 is 1.23 bits per heavy atom. The predicted octanol–water partition coefficient (Wildman–Crippen LogP) is 4.39. The minimum absolute atomic E-state index is 0.0714. The van der Waals surface area contributed by atoms with Crippen molar-refractivity contribution in [2.24, 2.45) is 4.99 Å². The minimum Gasteiger partial charge on any atom is -0.497 e. The van der Waals surface area contributed by atoms with Crippen LogP contribution in [0.15, 0.2) is 76.9 Å². The van der Waals surface area contributed by atoms with E-state index in [0.29, 0.717) is 24.6 Å². The number of carbonyl (C=O) groups excluding carboxylic acids is 1. The van der Waals surface area contributed by atoms with Crippen molar-refractivity contribution in [3.05, 3.63) is 88.6 Å². The number of halogens is 4. The van der Waals surface area contributed by atoms with Gasteiger partial charge in [0.1, 0.15) is 11.6 Å². The van der Waals surface area contributed by atoms with Crippen molar-refractivity contribution >= 4 is 17.4 Å². The zero-order valence-corrected chi connectivity index (χ0v) is 21.6. The second-order valence-corrected chi connectivity index (χ2v) is 9.37. The molecule has 4 N–H and O–H groups in total. The highest BCUT2D eigenvalue weighted by Gasteiger charge is 2.28. The lowest BCUT2D eigenvalue weighted by Crippen LogP contribution is -2.43. The van der Waals surface area contributed by atoms with Gasteiger partial charge in [0, 0.05) is 37.0 Å². The van der Waals surface area contributed by atoms with Gasteiger partial charge < -0.3 is 26.0 Å². The summed E-state index contributed by atoms with van der Waals surface area (Å²) in [5, 5.41) is 12.5. The number of carbonyl (C=O) groups is 1. The Labute approximate surface area is 224 Å². The van der Waals surface area contributed by atoms with Gasteiger partial charge in [-0.1, -0.05) is 12.7 Å². The molecule has 1 atom stereocenters.